The zero-order valence-corrected chi connectivity index (χ0v) is 13.7. The van der Waals surface area contributed by atoms with E-state index in [1.54, 1.807) is 23.5 Å². The molecule has 1 aromatic carbocycles. The van der Waals surface area contributed by atoms with Crippen molar-refractivity contribution in [2.45, 2.75) is 19.4 Å². The Morgan fingerprint density at radius 2 is 1.91 bits per heavy atom. The molecule has 2 aromatic rings. The molecule has 1 aromatic heterocycles. The van der Waals surface area contributed by atoms with E-state index in [4.69, 9.17) is 11.6 Å². The first-order valence-corrected chi connectivity index (χ1v) is 8.19. The highest BCUT2D eigenvalue weighted by Gasteiger charge is 2.17. The van der Waals surface area contributed by atoms with Gasteiger partial charge in [0.05, 0.1) is 6.04 Å². The van der Waals surface area contributed by atoms with Crippen molar-refractivity contribution in [1.29, 1.82) is 0 Å². The Morgan fingerprint density at radius 3 is 2.50 bits per heavy atom. The molecule has 1 atom stereocenters. The van der Waals surface area contributed by atoms with Gasteiger partial charge in [0.25, 0.3) is 0 Å². The van der Waals surface area contributed by atoms with Crippen molar-refractivity contribution < 1.29 is 9.59 Å². The first kappa shape index (κ1) is 16.5. The van der Waals surface area contributed by atoms with Crippen LogP contribution in [0.2, 0.25) is 5.02 Å². The van der Waals surface area contributed by atoms with E-state index in [9.17, 15) is 9.59 Å². The second-order valence-electron chi connectivity index (χ2n) is 4.84. The summed E-state index contributed by atoms with van der Waals surface area (Å²) < 4.78 is 0. The standard InChI is InChI=1S/C16H17ClN2O2S/c1-11(20)18-8-6-15(21)19-16(13-7-9-22-10-13)12-2-4-14(17)5-3-12/h2-5,7,9-10,16H,6,8H2,1H3,(H,18,20)(H,19,21)/t16-/m0/s1. The minimum Gasteiger partial charge on any atom is -0.356 e. The summed E-state index contributed by atoms with van der Waals surface area (Å²) in [6.45, 7) is 1.76. The number of benzene rings is 1. The van der Waals surface area contributed by atoms with Crippen molar-refractivity contribution in [3.05, 3.63) is 57.2 Å². The van der Waals surface area contributed by atoms with Gasteiger partial charge >= 0.3 is 0 Å². The lowest BCUT2D eigenvalue weighted by molar-refractivity contribution is -0.122. The topological polar surface area (TPSA) is 58.2 Å². The number of hydrogen-bond donors (Lipinski definition) is 2. The van der Waals surface area contributed by atoms with Gasteiger partial charge in [-0.1, -0.05) is 23.7 Å². The third-order valence-electron chi connectivity index (χ3n) is 3.11. The smallest absolute Gasteiger partial charge is 0.222 e. The van der Waals surface area contributed by atoms with Crippen molar-refractivity contribution in [2.24, 2.45) is 0 Å². The van der Waals surface area contributed by atoms with Gasteiger partial charge in [-0.2, -0.15) is 11.3 Å². The van der Waals surface area contributed by atoms with Gasteiger partial charge in [0.2, 0.25) is 11.8 Å². The molecule has 1 heterocycles. The zero-order chi connectivity index (χ0) is 15.9. The SMILES string of the molecule is CC(=O)NCCC(=O)N[C@@H](c1ccc(Cl)cc1)c1ccsc1. The predicted molar refractivity (Wildman–Crippen MR) is 89.1 cm³/mol. The van der Waals surface area contributed by atoms with Gasteiger partial charge in [0, 0.05) is 24.9 Å². The molecule has 6 heteroatoms. The molecule has 0 radical (unpaired) electrons. The van der Waals surface area contributed by atoms with Crippen molar-refractivity contribution >= 4 is 34.8 Å². The summed E-state index contributed by atoms with van der Waals surface area (Å²) in [5, 5.41) is 10.3. The van der Waals surface area contributed by atoms with Crippen LogP contribution in [0.3, 0.4) is 0 Å². The van der Waals surface area contributed by atoms with E-state index in [0.717, 1.165) is 11.1 Å². The molecule has 22 heavy (non-hydrogen) atoms. The van der Waals surface area contributed by atoms with Crippen molar-refractivity contribution in [1.82, 2.24) is 10.6 Å². The van der Waals surface area contributed by atoms with Crippen LogP contribution in [-0.4, -0.2) is 18.4 Å². The molecule has 0 saturated carbocycles. The molecular formula is C16H17ClN2O2S. The van der Waals surface area contributed by atoms with Gasteiger partial charge in [-0.25, -0.2) is 0 Å². The molecule has 2 amide bonds. The van der Waals surface area contributed by atoms with Gasteiger partial charge in [-0.3, -0.25) is 9.59 Å². The van der Waals surface area contributed by atoms with E-state index < -0.39 is 0 Å². The number of carbonyl (C=O) groups excluding carboxylic acids is 2. The van der Waals surface area contributed by atoms with Crippen LogP contribution in [0.5, 0.6) is 0 Å². The average molecular weight is 337 g/mol. The van der Waals surface area contributed by atoms with E-state index in [1.165, 1.54) is 6.92 Å². The Hall–Kier alpha value is -1.85. The molecule has 0 unspecified atom stereocenters. The second kappa shape index (κ2) is 7.96. The quantitative estimate of drug-likeness (QED) is 0.851. The predicted octanol–water partition coefficient (Wildman–Crippen LogP) is 3.13. The normalized spacial score (nSPS) is 11.7. The third kappa shape index (κ3) is 4.86. The zero-order valence-electron chi connectivity index (χ0n) is 12.1. The molecule has 0 fully saturated rings. The van der Waals surface area contributed by atoms with Crippen LogP contribution >= 0.6 is 22.9 Å². The minimum atomic E-state index is -0.214. The Morgan fingerprint density at radius 1 is 1.18 bits per heavy atom. The number of rotatable bonds is 6. The molecular weight excluding hydrogens is 320 g/mol. The van der Waals surface area contributed by atoms with Crippen LogP contribution in [0, 0.1) is 0 Å². The molecule has 4 nitrogen and oxygen atoms in total. The number of nitrogens with one attached hydrogen (secondary N) is 2. The third-order valence-corrected chi connectivity index (χ3v) is 4.06. The number of carbonyl (C=O) groups is 2. The molecule has 2 N–H and O–H groups in total. The molecule has 0 saturated heterocycles. The van der Waals surface area contributed by atoms with Crippen molar-refractivity contribution in [3.8, 4) is 0 Å². The highest BCUT2D eigenvalue weighted by molar-refractivity contribution is 7.08. The summed E-state index contributed by atoms with van der Waals surface area (Å²) in [6.07, 6.45) is 0.244. The molecule has 0 aliphatic carbocycles. The van der Waals surface area contributed by atoms with Crippen LogP contribution in [0.25, 0.3) is 0 Å². The fourth-order valence-corrected chi connectivity index (χ4v) is 2.85. The van der Waals surface area contributed by atoms with E-state index in [0.29, 0.717) is 11.6 Å². The summed E-state index contributed by atoms with van der Waals surface area (Å²) in [5.41, 5.74) is 2.00. The van der Waals surface area contributed by atoms with Gasteiger partial charge in [0.15, 0.2) is 0 Å². The summed E-state index contributed by atoms with van der Waals surface area (Å²) in [5.74, 6) is -0.250. The highest BCUT2D eigenvalue weighted by atomic mass is 35.5. The van der Waals surface area contributed by atoms with E-state index in [-0.39, 0.29) is 24.3 Å². The van der Waals surface area contributed by atoms with Crippen LogP contribution in [-0.2, 0) is 9.59 Å². The van der Waals surface area contributed by atoms with Gasteiger partial charge in [-0.05, 0) is 40.1 Å². The first-order valence-electron chi connectivity index (χ1n) is 6.87. The fourth-order valence-electron chi connectivity index (χ4n) is 2.04. The summed E-state index contributed by atoms with van der Waals surface area (Å²) in [7, 11) is 0. The largest absolute Gasteiger partial charge is 0.356 e. The van der Waals surface area contributed by atoms with Crippen molar-refractivity contribution in [3.63, 3.8) is 0 Å². The van der Waals surface area contributed by atoms with Crippen LogP contribution in [0.15, 0.2) is 41.1 Å². The van der Waals surface area contributed by atoms with E-state index >= 15 is 0 Å². The molecule has 0 aliphatic heterocycles. The maximum atomic E-state index is 12.1. The summed E-state index contributed by atoms with van der Waals surface area (Å²) in [4.78, 5) is 22.9. The Labute approximate surface area is 138 Å². The fraction of sp³-hybridized carbons (Fsp3) is 0.250. The molecule has 2 rings (SSSR count). The van der Waals surface area contributed by atoms with E-state index in [2.05, 4.69) is 10.6 Å². The van der Waals surface area contributed by atoms with Crippen LogP contribution < -0.4 is 10.6 Å². The lowest BCUT2D eigenvalue weighted by Crippen LogP contribution is -2.32. The minimum absolute atomic E-state index is 0.111. The highest BCUT2D eigenvalue weighted by Crippen LogP contribution is 2.25. The average Bonchev–Trinajstić information content (AvgIpc) is 2.99. The van der Waals surface area contributed by atoms with Gasteiger partial charge < -0.3 is 10.6 Å². The maximum Gasteiger partial charge on any atom is 0.222 e. The number of halogens is 1. The number of hydrogen-bond acceptors (Lipinski definition) is 3. The van der Waals surface area contributed by atoms with Crippen LogP contribution in [0.1, 0.15) is 30.5 Å². The Balaban J connectivity index is 2.07. The Kier molecular flexibility index (Phi) is 5.98. The molecule has 0 spiro atoms. The summed E-state index contributed by atoms with van der Waals surface area (Å²) >= 11 is 7.50. The summed E-state index contributed by atoms with van der Waals surface area (Å²) in [6, 6.07) is 9.18. The van der Waals surface area contributed by atoms with Crippen LogP contribution in [0.4, 0.5) is 0 Å². The Bertz CT molecular complexity index is 626. The van der Waals surface area contributed by atoms with Gasteiger partial charge in [0.1, 0.15) is 0 Å². The van der Waals surface area contributed by atoms with Gasteiger partial charge in [-0.15, -0.1) is 0 Å². The molecule has 0 bridgehead atoms. The molecule has 0 aliphatic rings. The van der Waals surface area contributed by atoms with E-state index in [1.807, 2.05) is 29.0 Å². The second-order valence-corrected chi connectivity index (χ2v) is 6.06. The first-order chi connectivity index (χ1) is 10.6. The van der Waals surface area contributed by atoms with Crippen molar-refractivity contribution in [2.75, 3.05) is 6.54 Å². The lowest BCUT2D eigenvalue weighted by Gasteiger charge is -2.18. The maximum absolute atomic E-state index is 12.1. The number of amides is 2. The number of thiophene rings is 1. The molecule has 116 valence electrons. The lowest BCUT2D eigenvalue weighted by atomic mass is 10.0. The monoisotopic (exact) mass is 336 g/mol.